The highest BCUT2D eigenvalue weighted by molar-refractivity contribution is 6.31. The quantitative estimate of drug-likeness (QED) is 0.691. The molecule has 4 nitrogen and oxygen atoms in total. The van der Waals surface area contributed by atoms with E-state index in [9.17, 15) is 14.7 Å². The minimum atomic E-state index is -0.378. The van der Waals surface area contributed by atoms with Crippen LogP contribution in [-0.2, 0) is 16.0 Å². The summed E-state index contributed by atoms with van der Waals surface area (Å²) in [4.78, 5) is 24.4. The van der Waals surface area contributed by atoms with Crippen molar-refractivity contribution in [1.82, 2.24) is 0 Å². The number of benzene rings is 2. The van der Waals surface area contributed by atoms with Gasteiger partial charge in [-0.15, -0.1) is 0 Å². The second-order valence-corrected chi connectivity index (χ2v) is 5.96. The maximum Gasteiger partial charge on any atom is 0.313 e. The van der Waals surface area contributed by atoms with Gasteiger partial charge in [-0.05, 0) is 48.2 Å². The van der Waals surface area contributed by atoms with Gasteiger partial charge >= 0.3 is 5.97 Å². The van der Waals surface area contributed by atoms with E-state index in [-0.39, 0.29) is 29.0 Å². The Balaban J connectivity index is 2.00. The van der Waals surface area contributed by atoms with Crippen molar-refractivity contribution in [2.24, 2.45) is 0 Å². The molecule has 1 aliphatic carbocycles. The van der Waals surface area contributed by atoms with Crippen molar-refractivity contribution in [3.8, 4) is 5.75 Å². The number of rotatable bonds is 3. The van der Waals surface area contributed by atoms with E-state index in [1.165, 1.54) is 13.2 Å². The average Bonchev–Trinajstić information content (AvgIpc) is 2.95. The summed E-state index contributed by atoms with van der Waals surface area (Å²) >= 11 is 5.91. The smallest absolute Gasteiger partial charge is 0.313 e. The lowest BCUT2D eigenvalue weighted by atomic mass is 9.95. The van der Waals surface area contributed by atoms with Gasteiger partial charge in [-0.25, -0.2) is 0 Å². The summed E-state index contributed by atoms with van der Waals surface area (Å²) < 4.78 is 4.79. The standard InChI is InChI=1S/C18H15ClO4/c1-23-18(22)13-6-5-10-8-15(16(20)9-14(10)13)17(21)11-3-2-4-12(19)7-11/h2-4,7-9,13,20H,5-6H2,1H3. The van der Waals surface area contributed by atoms with Crippen molar-refractivity contribution in [3.05, 3.63) is 63.7 Å². The van der Waals surface area contributed by atoms with E-state index >= 15 is 0 Å². The molecule has 0 aliphatic heterocycles. The molecule has 2 aromatic rings. The fourth-order valence-electron chi connectivity index (χ4n) is 3.00. The van der Waals surface area contributed by atoms with Crippen molar-refractivity contribution in [3.63, 3.8) is 0 Å². The number of carbonyl (C=O) groups excluding carboxylic acids is 2. The highest BCUT2D eigenvalue weighted by atomic mass is 35.5. The first kappa shape index (κ1) is 15.6. The number of halogens is 1. The van der Waals surface area contributed by atoms with Crippen LogP contribution in [0.1, 0.15) is 39.4 Å². The second-order valence-electron chi connectivity index (χ2n) is 5.52. The molecular formula is C18H15ClO4. The maximum atomic E-state index is 12.6. The van der Waals surface area contributed by atoms with E-state index in [1.54, 1.807) is 30.3 Å². The van der Waals surface area contributed by atoms with Crippen LogP contribution in [0, 0.1) is 0 Å². The van der Waals surface area contributed by atoms with E-state index in [2.05, 4.69) is 0 Å². The molecule has 118 valence electrons. The molecule has 1 aliphatic rings. The summed E-state index contributed by atoms with van der Waals surface area (Å²) in [5.74, 6) is -1.13. The third-order valence-corrected chi connectivity index (χ3v) is 4.39. The Bertz CT molecular complexity index is 798. The molecule has 1 unspecified atom stereocenters. The molecular weight excluding hydrogens is 316 g/mol. The number of phenolic OH excluding ortho intramolecular Hbond substituents is 1. The van der Waals surface area contributed by atoms with Gasteiger partial charge in [0, 0.05) is 10.6 Å². The van der Waals surface area contributed by atoms with Gasteiger partial charge in [0.2, 0.25) is 0 Å². The monoisotopic (exact) mass is 330 g/mol. The topological polar surface area (TPSA) is 63.6 Å². The van der Waals surface area contributed by atoms with Gasteiger partial charge in [0.1, 0.15) is 5.75 Å². The zero-order valence-corrected chi connectivity index (χ0v) is 13.3. The van der Waals surface area contributed by atoms with Gasteiger partial charge in [-0.3, -0.25) is 9.59 Å². The van der Waals surface area contributed by atoms with Crippen molar-refractivity contribution >= 4 is 23.4 Å². The van der Waals surface area contributed by atoms with Gasteiger partial charge in [0.05, 0.1) is 18.6 Å². The molecule has 0 saturated heterocycles. The van der Waals surface area contributed by atoms with E-state index in [4.69, 9.17) is 16.3 Å². The number of aryl methyl sites for hydroxylation is 1. The van der Waals surface area contributed by atoms with Gasteiger partial charge in [0.25, 0.3) is 0 Å². The number of ketones is 1. The van der Waals surface area contributed by atoms with E-state index in [0.717, 1.165) is 11.1 Å². The molecule has 1 atom stereocenters. The molecule has 2 aromatic carbocycles. The second kappa shape index (κ2) is 6.05. The Morgan fingerprint density at radius 1 is 1.26 bits per heavy atom. The van der Waals surface area contributed by atoms with E-state index in [1.807, 2.05) is 0 Å². The van der Waals surface area contributed by atoms with Crippen LogP contribution in [0.4, 0.5) is 0 Å². The Morgan fingerprint density at radius 2 is 2.04 bits per heavy atom. The van der Waals surface area contributed by atoms with Crippen molar-refractivity contribution in [1.29, 1.82) is 0 Å². The molecule has 0 saturated carbocycles. The number of phenols is 1. The molecule has 0 fully saturated rings. The third kappa shape index (κ3) is 2.82. The van der Waals surface area contributed by atoms with Crippen LogP contribution in [0.5, 0.6) is 5.75 Å². The van der Waals surface area contributed by atoms with Gasteiger partial charge in [-0.2, -0.15) is 0 Å². The largest absolute Gasteiger partial charge is 0.507 e. The maximum absolute atomic E-state index is 12.6. The van der Waals surface area contributed by atoms with E-state index < -0.39 is 0 Å². The number of aromatic hydroxyl groups is 1. The number of methoxy groups -OCH3 is 1. The highest BCUT2D eigenvalue weighted by Gasteiger charge is 2.31. The first-order valence-electron chi connectivity index (χ1n) is 7.25. The average molecular weight is 331 g/mol. The summed E-state index contributed by atoms with van der Waals surface area (Å²) in [6.45, 7) is 0. The van der Waals surface area contributed by atoms with Crippen molar-refractivity contribution in [2.45, 2.75) is 18.8 Å². The molecule has 23 heavy (non-hydrogen) atoms. The first-order chi connectivity index (χ1) is 11.0. The number of hydrogen-bond donors (Lipinski definition) is 1. The van der Waals surface area contributed by atoms with Crippen LogP contribution in [-0.4, -0.2) is 24.0 Å². The van der Waals surface area contributed by atoms with Crippen molar-refractivity contribution < 1.29 is 19.4 Å². The zero-order chi connectivity index (χ0) is 16.6. The lowest BCUT2D eigenvalue weighted by Gasteiger charge is -2.11. The lowest BCUT2D eigenvalue weighted by Crippen LogP contribution is -2.11. The number of carbonyl (C=O) groups is 2. The minimum Gasteiger partial charge on any atom is -0.507 e. The predicted octanol–water partition coefficient (Wildman–Crippen LogP) is 3.48. The molecule has 3 rings (SSSR count). The summed E-state index contributed by atoms with van der Waals surface area (Å²) in [5, 5.41) is 10.7. The Morgan fingerprint density at radius 3 is 2.74 bits per heavy atom. The van der Waals surface area contributed by atoms with Crippen LogP contribution >= 0.6 is 11.6 Å². The minimum absolute atomic E-state index is 0.135. The Kier molecular flexibility index (Phi) is 4.09. The fourth-order valence-corrected chi connectivity index (χ4v) is 3.19. The fraction of sp³-hybridized carbons (Fsp3) is 0.222. The summed E-state index contributed by atoms with van der Waals surface area (Å²) in [5.41, 5.74) is 2.26. The molecule has 0 amide bonds. The lowest BCUT2D eigenvalue weighted by molar-refractivity contribution is -0.142. The van der Waals surface area contributed by atoms with Crippen LogP contribution in [0.3, 0.4) is 0 Å². The molecule has 0 heterocycles. The van der Waals surface area contributed by atoms with Crippen LogP contribution in [0.15, 0.2) is 36.4 Å². The predicted molar refractivity (Wildman–Crippen MR) is 86.1 cm³/mol. The summed E-state index contributed by atoms with van der Waals surface area (Å²) in [6.07, 6.45) is 1.29. The molecule has 5 heteroatoms. The van der Waals surface area contributed by atoms with Crippen LogP contribution in [0.25, 0.3) is 0 Å². The summed E-state index contributed by atoms with van der Waals surface area (Å²) in [7, 11) is 1.34. The molecule has 0 radical (unpaired) electrons. The highest BCUT2D eigenvalue weighted by Crippen LogP contribution is 2.38. The number of fused-ring (bicyclic) bond motifs is 1. The van der Waals surface area contributed by atoms with E-state index in [0.29, 0.717) is 23.4 Å². The van der Waals surface area contributed by atoms with Gasteiger partial charge in [0.15, 0.2) is 5.78 Å². The van der Waals surface area contributed by atoms with Gasteiger partial charge < -0.3 is 9.84 Å². The van der Waals surface area contributed by atoms with Crippen LogP contribution < -0.4 is 0 Å². The molecule has 0 bridgehead atoms. The SMILES string of the molecule is COC(=O)C1CCc2cc(C(=O)c3cccc(Cl)c3)c(O)cc21. The number of esters is 1. The Hall–Kier alpha value is -2.33. The van der Waals surface area contributed by atoms with Crippen LogP contribution in [0.2, 0.25) is 5.02 Å². The van der Waals surface area contributed by atoms with Gasteiger partial charge in [-0.1, -0.05) is 23.7 Å². The Labute approximate surface area is 138 Å². The third-order valence-electron chi connectivity index (χ3n) is 4.15. The number of hydrogen-bond acceptors (Lipinski definition) is 4. The molecule has 1 N–H and O–H groups in total. The first-order valence-corrected chi connectivity index (χ1v) is 7.63. The zero-order valence-electron chi connectivity index (χ0n) is 12.5. The normalized spacial score (nSPS) is 16.0. The molecule has 0 aromatic heterocycles. The summed E-state index contributed by atoms with van der Waals surface area (Å²) in [6, 6.07) is 9.75. The number of ether oxygens (including phenoxy) is 1. The molecule has 0 spiro atoms. The van der Waals surface area contributed by atoms with Crippen molar-refractivity contribution in [2.75, 3.05) is 7.11 Å².